The Labute approximate surface area is 163 Å². The Morgan fingerprint density at radius 1 is 1.11 bits per heavy atom. The van der Waals surface area contributed by atoms with E-state index in [0.717, 1.165) is 42.4 Å². The summed E-state index contributed by atoms with van der Waals surface area (Å²) in [5, 5.41) is 23.3. The van der Waals surface area contributed by atoms with Crippen LogP contribution in [0.4, 0.5) is 0 Å². The van der Waals surface area contributed by atoms with Gasteiger partial charge in [-0.2, -0.15) is 5.26 Å². The molecule has 1 saturated carbocycles. The molecule has 0 aromatic heterocycles. The monoisotopic (exact) mass is 368 g/mol. The van der Waals surface area contributed by atoms with Gasteiger partial charge in [0.1, 0.15) is 17.4 Å². The summed E-state index contributed by atoms with van der Waals surface area (Å²) in [7, 11) is 0. The Balaban J connectivity index is 2.47. The number of nitrogens with zero attached hydrogens (tertiary/aromatic N) is 1. The van der Waals surface area contributed by atoms with Crippen LogP contribution in [-0.4, -0.2) is 17.1 Å². The Kier molecular flexibility index (Phi) is 6.04. The lowest BCUT2D eigenvalue weighted by molar-refractivity contribution is -0.117. The number of carbonyl (C=O) groups excluding carboxylic acids is 1. The second-order valence-corrected chi connectivity index (χ2v) is 9.59. The number of nitriles is 1. The lowest BCUT2D eigenvalue weighted by atomic mass is 9.78. The second-order valence-electron chi connectivity index (χ2n) is 9.59. The minimum Gasteiger partial charge on any atom is -0.507 e. The number of hydrogen-bond donors (Lipinski definition) is 2. The van der Waals surface area contributed by atoms with Crippen molar-refractivity contribution in [2.24, 2.45) is 0 Å². The van der Waals surface area contributed by atoms with Crippen LogP contribution in [0.3, 0.4) is 0 Å². The summed E-state index contributed by atoms with van der Waals surface area (Å²) >= 11 is 0. The van der Waals surface area contributed by atoms with Crippen molar-refractivity contribution < 1.29 is 9.90 Å². The third kappa shape index (κ3) is 5.13. The molecule has 4 heteroatoms. The van der Waals surface area contributed by atoms with Crippen LogP contribution >= 0.6 is 0 Å². The number of carbonyl (C=O) groups is 1. The van der Waals surface area contributed by atoms with Crippen LogP contribution in [-0.2, 0) is 15.6 Å². The van der Waals surface area contributed by atoms with Crippen LogP contribution in [0, 0.1) is 11.3 Å². The first-order chi connectivity index (χ1) is 12.4. The second kappa shape index (κ2) is 7.76. The highest BCUT2D eigenvalue weighted by Crippen LogP contribution is 2.40. The van der Waals surface area contributed by atoms with Crippen LogP contribution in [0.1, 0.15) is 83.9 Å². The molecule has 1 aliphatic rings. The van der Waals surface area contributed by atoms with E-state index in [0.29, 0.717) is 5.75 Å². The summed E-state index contributed by atoms with van der Waals surface area (Å²) in [6.07, 6.45) is 5.84. The van der Waals surface area contributed by atoms with Gasteiger partial charge in [-0.3, -0.25) is 4.79 Å². The molecule has 0 spiro atoms. The van der Waals surface area contributed by atoms with Crippen molar-refractivity contribution >= 4 is 12.0 Å². The van der Waals surface area contributed by atoms with Gasteiger partial charge >= 0.3 is 0 Å². The predicted molar refractivity (Wildman–Crippen MR) is 109 cm³/mol. The van der Waals surface area contributed by atoms with Crippen molar-refractivity contribution in [3.63, 3.8) is 0 Å². The normalized spacial score (nSPS) is 16.3. The molecule has 0 saturated heterocycles. The summed E-state index contributed by atoms with van der Waals surface area (Å²) in [4.78, 5) is 12.5. The number of hydrogen-bond acceptors (Lipinski definition) is 3. The van der Waals surface area contributed by atoms with E-state index in [1.165, 1.54) is 0 Å². The Hall–Kier alpha value is -2.28. The van der Waals surface area contributed by atoms with Crippen molar-refractivity contribution in [3.05, 3.63) is 34.4 Å². The smallest absolute Gasteiger partial charge is 0.262 e. The molecule has 1 amide bonds. The zero-order valence-electron chi connectivity index (χ0n) is 17.4. The summed E-state index contributed by atoms with van der Waals surface area (Å²) in [5.41, 5.74) is 1.98. The maximum absolute atomic E-state index is 12.5. The first-order valence-electron chi connectivity index (χ1n) is 9.74. The molecule has 2 N–H and O–H groups in total. The van der Waals surface area contributed by atoms with Crippen LogP contribution < -0.4 is 5.32 Å². The number of rotatable bonds is 3. The minimum atomic E-state index is -0.313. The highest BCUT2D eigenvalue weighted by molar-refractivity contribution is 6.01. The molecule has 0 heterocycles. The SMILES string of the molecule is CC(C)(C)c1cc(/C=C(/C#N)C(=O)NC2CCCC2)cc(C(C)(C)C)c1O. The van der Waals surface area contributed by atoms with Gasteiger partial charge in [0.15, 0.2) is 0 Å². The quantitative estimate of drug-likeness (QED) is 0.585. The van der Waals surface area contributed by atoms with E-state index in [9.17, 15) is 15.2 Å². The van der Waals surface area contributed by atoms with E-state index in [1.807, 2.05) is 59.7 Å². The Bertz CT molecular complexity index is 745. The highest BCUT2D eigenvalue weighted by atomic mass is 16.3. The number of nitrogens with one attached hydrogen (secondary N) is 1. The number of amides is 1. The molecule has 146 valence electrons. The third-order valence-corrected chi connectivity index (χ3v) is 5.11. The zero-order valence-corrected chi connectivity index (χ0v) is 17.4. The van der Waals surface area contributed by atoms with Gasteiger partial charge in [-0.1, -0.05) is 54.4 Å². The van der Waals surface area contributed by atoms with E-state index in [1.54, 1.807) is 6.08 Å². The van der Waals surface area contributed by atoms with E-state index < -0.39 is 0 Å². The molecule has 0 bridgehead atoms. The lowest BCUT2D eigenvalue weighted by Crippen LogP contribution is -2.33. The van der Waals surface area contributed by atoms with Gasteiger partial charge in [-0.25, -0.2) is 0 Å². The summed E-state index contributed by atoms with van der Waals surface area (Å²) in [6.45, 7) is 12.2. The van der Waals surface area contributed by atoms with Crippen molar-refractivity contribution in [2.45, 2.75) is 84.1 Å². The van der Waals surface area contributed by atoms with E-state index in [2.05, 4.69) is 5.32 Å². The Morgan fingerprint density at radius 2 is 1.59 bits per heavy atom. The van der Waals surface area contributed by atoms with E-state index in [4.69, 9.17) is 0 Å². The van der Waals surface area contributed by atoms with Crippen LogP contribution in [0.5, 0.6) is 5.75 Å². The molecule has 27 heavy (non-hydrogen) atoms. The molecule has 0 atom stereocenters. The van der Waals surface area contributed by atoms with Crippen LogP contribution in [0.25, 0.3) is 6.08 Å². The van der Waals surface area contributed by atoms with E-state index >= 15 is 0 Å². The van der Waals surface area contributed by atoms with Gasteiger partial charge < -0.3 is 10.4 Å². The molecule has 1 aromatic carbocycles. The number of benzene rings is 1. The van der Waals surface area contributed by atoms with E-state index in [-0.39, 0.29) is 28.4 Å². The standard InChI is InChI=1S/C23H32N2O2/c1-22(2,3)18-12-15(13-19(20(18)26)23(4,5)6)11-16(14-24)21(27)25-17-9-7-8-10-17/h11-13,17,26H,7-10H2,1-6H3,(H,25,27)/b16-11-. The average molecular weight is 369 g/mol. The molecule has 4 nitrogen and oxygen atoms in total. The number of aromatic hydroxyl groups is 1. The molecule has 1 aromatic rings. The average Bonchev–Trinajstić information content (AvgIpc) is 3.04. The van der Waals surface area contributed by atoms with Gasteiger partial charge in [-0.05, 0) is 47.4 Å². The third-order valence-electron chi connectivity index (χ3n) is 5.11. The summed E-state index contributed by atoms with van der Waals surface area (Å²) in [6, 6.07) is 5.97. The molecule has 0 unspecified atom stereocenters. The fourth-order valence-electron chi connectivity index (χ4n) is 3.53. The first kappa shape index (κ1) is 21.0. The fraction of sp³-hybridized carbons (Fsp3) is 0.565. The first-order valence-corrected chi connectivity index (χ1v) is 9.74. The minimum absolute atomic E-state index is 0.104. The predicted octanol–water partition coefficient (Wildman–Crippen LogP) is 4.95. The van der Waals surface area contributed by atoms with Gasteiger partial charge in [0.2, 0.25) is 0 Å². The van der Waals surface area contributed by atoms with Gasteiger partial charge in [0.25, 0.3) is 5.91 Å². The van der Waals surface area contributed by atoms with Gasteiger partial charge in [0.05, 0.1) is 0 Å². The van der Waals surface area contributed by atoms with Crippen molar-refractivity contribution in [1.29, 1.82) is 5.26 Å². The maximum Gasteiger partial charge on any atom is 0.262 e. The summed E-state index contributed by atoms with van der Waals surface area (Å²) in [5.74, 6) is -0.0202. The molecule has 0 aliphatic heterocycles. The molecule has 2 rings (SSSR count). The zero-order chi connectivity index (χ0) is 20.4. The highest BCUT2D eigenvalue weighted by Gasteiger charge is 2.26. The number of phenols is 1. The van der Waals surface area contributed by atoms with Crippen LogP contribution in [0.2, 0.25) is 0 Å². The molecule has 1 fully saturated rings. The van der Waals surface area contributed by atoms with Crippen molar-refractivity contribution in [2.75, 3.05) is 0 Å². The molecular formula is C23H32N2O2. The lowest BCUT2D eigenvalue weighted by Gasteiger charge is -2.28. The van der Waals surface area contributed by atoms with Gasteiger partial charge in [0, 0.05) is 17.2 Å². The summed E-state index contributed by atoms with van der Waals surface area (Å²) < 4.78 is 0. The van der Waals surface area contributed by atoms with Gasteiger partial charge in [-0.15, -0.1) is 0 Å². The van der Waals surface area contributed by atoms with Crippen molar-refractivity contribution in [3.8, 4) is 11.8 Å². The fourth-order valence-corrected chi connectivity index (χ4v) is 3.53. The Morgan fingerprint density at radius 3 is 2.00 bits per heavy atom. The van der Waals surface area contributed by atoms with Crippen molar-refractivity contribution in [1.82, 2.24) is 5.32 Å². The molecular weight excluding hydrogens is 336 g/mol. The maximum atomic E-state index is 12.5. The largest absolute Gasteiger partial charge is 0.507 e. The van der Waals surface area contributed by atoms with Crippen LogP contribution in [0.15, 0.2) is 17.7 Å². The molecule has 0 radical (unpaired) electrons. The molecule has 1 aliphatic carbocycles. The topological polar surface area (TPSA) is 73.1 Å². The number of phenolic OH excluding ortho intramolecular Hbond substituents is 1.